The van der Waals surface area contributed by atoms with Crippen LogP contribution < -0.4 is 19.1 Å². The van der Waals surface area contributed by atoms with E-state index in [2.05, 4.69) is 15.9 Å². The molecule has 0 aromatic heterocycles. The number of imide groups is 1. The zero-order valence-electron chi connectivity index (χ0n) is 19.6. The second-order valence-electron chi connectivity index (χ2n) is 9.70. The van der Waals surface area contributed by atoms with Crippen LogP contribution in [0.3, 0.4) is 0 Å². The van der Waals surface area contributed by atoms with Crippen molar-refractivity contribution in [2.24, 2.45) is 17.8 Å². The molecule has 3 heterocycles. The number of hydrogen-bond acceptors (Lipinski definition) is 6. The molecule has 7 nitrogen and oxygen atoms in total. The van der Waals surface area contributed by atoms with Gasteiger partial charge in [0.1, 0.15) is 5.75 Å². The van der Waals surface area contributed by atoms with Gasteiger partial charge >= 0.3 is 5.97 Å². The van der Waals surface area contributed by atoms with Crippen LogP contribution in [-0.4, -0.2) is 24.6 Å². The molecule has 3 aromatic rings. The zero-order valence-corrected chi connectivity index (χ0v) is 21.2. The predicted octanol–water partition coefficient (Wildman–Crippen LogP) is 5.01. The monoisotopic (exact) mass is 557 g/mol. The smallest absolute Gasteiger partial charge is 0.319 e. The third-order valence-electron chi connectivity index (χ3n) is 7.60. The van der Waals surface area contributed by atoms with Gasteiger partial charge < -0.3 is 14.2 Å². The summed E-state index contributed by atoms with van der Waals surface area (Å²) in [4.78, 5) is 42.6. The van der Waals surface area contributed by atoms with Gasteiger partial charge in [0, 0.05) is 16.0 Å². The van der Waals surface area contributed by atoms with Gasteiger partial charge in [0.15, 0.2) is 11.5 Å². The number of halogens is 1. The largest absolute Gasteiger partial charge is 0.454 e. The molecule has 0 radical (unpaired) electrons. The molecule has 2 amide bonds. The van der Waals surface area contributed by atoms with Crippen molar-refractivity contribution in [3.8, 4) is 17.2 Å². The van der Waals surface area contributed by atoms with Gasteiger partial charge in [0.05, 0.1) is 23.4 Å². The summed E-state index contributed by atoms with van der Waals surface area (Å²) in [6.45, 7) is 2.06. The minimum atomic E-state index is -0.899. The molecule has 0 saturated carbocycles. The van der Waals surface area contributed by atoms with Crippen LogP contribution in [0.1, 0.15) is 22.6 Å². The van der Waals surface area contributed by atoms with Crippen LogP contribution in [0, 0.1) is 24.7 Å². The average molecular weight is 558 g/mol. The number of rotatable bonds is 2. The predicted molar refractivity (Wildman–Crippen MR) is 137 cm³/mol. The standard InChI is InChI=1S/C29H20BrNO6/c1-14-5-7-18-20-12-19(15-6-8-21-23(10-15)36-13-35-21)24-26(25(20)29(34)37-22(18)9-14)28(33)31(27(24)32)17-4-2-3-16(30)11-17/h2-12,19,24-26H,13H2,1H3/t19-,24+,25-,26-/m1/s1. The van der Waals surface area contributed by atoms with Gasteiger partial charge in [-0.3, -0.25) is 14.4 Å². The molecule has 3 aromatic carbocycles. The van der Waals surface area contributed by atoms with E-state index in [1.807, 2.05) is 55.5 Å². The van der Waals surface area contributed by atoms with E-state index in [0.29, 0.717) is 28.5 Å². The molecule has 7 rings (SSSR count). The van der Waals surface area contributed by atoms with Crippen molar-refractivity contribution >= 4 is 45.0 Å². The van der Waals surface area contributed by atoms with E-state index in [-0.39, 0.29) is 12.7 Å². The van der Waals surface area contributed by atoms with Gasteiger partial charge in [-0.05, 0) is 60.0 Å². The maximum atomic E-state index is 14.0. The molecule has 4 aliphatic rings. The topological polar surface area (TPSA) is 82.1 Å². The summed E-state index contributed by atoms with van der Waals surface area (Å²) in [6.07, 6.45) is 1.97. The normalized spacial score (nSPS) is 25.3. The Morgan fingerprint density at radius 2 is 1.68 bits per heavy atom. The fourth-order valence-electron chi connectivity index (χ4n) is 5.98. The summed E-state index contributed by atoms with van der Waals surface area (Å²) in [7, 11) is 0. The maximum Gasteiger partial charge on any atom is 0.319 e. The summed E-state index contributed by atoms with van der Waals surface area (Å²) in [6, 6.07) is 18.3. The highest BCUT2D eigenvalue weighted by Gasteiger charge is 2.60. The van der Waals surface area contributed by atoms with Crippen LogP contribution in [0.2, 0.25) is 0 Å². The molecule has 0 unspecified atom stereocenters. The van der Waals surface area contributed by atoms with Gasteiger partial charge in [0.25, 0.3) is 0 Å². The number of carbonyl (C=O) groups is 3. The first-order chi connectivity index (χ1) is 17.9. The van der Waals surface area contributed by atoms with Gasteiger partial charge in [-0.15, -0.1) is 0 Å². The Balaban J connectivity index is 1.43. The average Bonchev–Trinajstić information content (AvgIpc) is 3.45. The van der Waals surface area contributed by atoms with Crippen LogP contribution in [0.25, 0.3) is 5.57 Å². The number of amides is 2. The highest BCUT2D eigenvalue weighted by molar-refractivity contribution is 9.10. The lowest BCUT2D eigenvalue weighted by molar-refractivity contribution is -0.142. The second kappa shape index (κ2) is 8.05. The summed E-state index contributed by atoms with van der Waals surface area (Å²) in [5, 5.41) is 0. The number of nitrogens with zero attached hydrogens (tertiary/aromatic N) is 1. The molecule has 1 fully saturated rings. The van der Waals surface area contributed by atoms with Crippen molar-refractivity contribution in [3.63, 3.8) is 0 Å². The number of anilines is 1. The van der Waals surface area contributed by atoms with E-state index in [1.165, 1.54) is 4.90 Å². The number of ether oxygens (including phenoxy) is 3. The Morgan fingerprint density at radius 1 is 0.865 bits per heavy atom. The molecular weight excluding hydrogens is 538 g/mol. The first-order valence-electron chi connectivity index (χ1n) is 12.0. The Bertz CT molecular complexity index is 1560. The first kappa shape index (κ1) is 22.3. The molecule has 8 heteroatoms. The molecule has 0 spiro atoms. The molecule has 1 aliphatic carbocycles. The Hall–Kier alpha value is -3.91. The number of esters is 1. The number of allylic oxidation sites excluding steroid dienone is 1. The number of fused-ring (bicyclic) bond motifs is 6. The lowest BCUT2D eigenvalue weighted by Crippen LogP contribution is -2.42. The van der Waals surface area contributed by atoms with E-state index in [1.54, 1.807) is 18.2 Å². The quantitative estimate of drug-likeness (QED) is 0.250. The first-order valence-corrected chi connectivity index (χ1v) is 12.8. The van der Waals surface area contributed by atoms with Gasteiger partial charge in [0.2, 0.25) is 18.6 Å². The second-order valence-corrected chi connectivity index (χ2v) is 10.6. The molecular formula is C29H20BrNO6. The maximum absolute atomic E-state index is 14.0. The molecule has 3 aliphatic heterocycles. The lowest BCUT2D eigenvalue weighted by Gasteiger charge is -2.38. The van der Waals surface area contributed by atoms with E-state index >= 15 is 0 Å². The molecule has 184 valence electrons. The number of aryl methyl sites for hydroxylation is 1. The lowest BCUT2D eigenvalue weighted by atomic mass is 9.64. The van der Waals surface area contributed by atoms with Crippen LogP contribution >= 0.6 is 15.9 Å². The Kier molecular flexibility index (Phi) is 4.85. The van der Waals surface area contributed by atoms with Crippen molar-refractivity contribution in [2.45, 2.75) is 12.8 Å². The van der Waals surface area contributed by atoms with Crippen molar-refractivity contribution in [1.29, 1.82) is 0 Å². The molecule has 37 heavy (non-hydrogen) atoms. The molecule has 1 saturated heterocycles. The van der Waals surface area contributed by atoms with Crippen LogP contribution in [0.15, 0.2) is 71.2 Å². The molecule has 0 bridgehead atoms. The van der Waals surface area contributed by atoms with Gasteiger partial charge in [-0.1, -0.05) is 46.3 Å². The molecule has 4 atom stereocenters. The number of hydrogen-bond donors (Lipinski definition) is 0. The summed E-state index contributed by atoms with van der Waals surface area (Å²) >= 11 is 3.43. The minimum absolute atomic E-state index is 0.130. The minimum Gasteiger partial charge on any atom is -0.454 e. The SMILES string of the molecule is Cc1ccc2c(c1)OC(=O)[C@@H]1C2=C[C@H](c2ccc3c(c2)OCO3)[C@@H]2C(=O)N(c3cccc(Br)c3)C(=O)[C@@H]12. The van der Waals surface area contributed by atoms with Gasteiger partial charge in [-0.2, -0.15) is 0 Å². The number of benzene rings is 3. The number of carbonyl (C=O) groups excluding carboxylic acids is 3. The fourth-order valence-corrected chi connectivity index (χ4v) is 6.37. The van der Waals surface area contributed by atoms with Crippen LogP contribution in [-0.2, 0) is 14.4 Å². The van der Waals surface area contributed by atoms with E-state index in [4.69, 9.17) is 14.2 Å². The van der Waals surface area contributed by atoms with Crippen LogP contribution in [0.4, 0.5) is 5.69 Å². The van der Waals surface area contributed by atoms with E-state index in [0.717, 1.165) is 21.2 Å². The Morgan fingerprint density at radius 3 is 2.51 bits per heavy atom. The fraction of sp³-hybridized carbons (Fsp3) is 0.207. The van der Waals surface area contributed by atoms with Crippen LogP contribution in [0.5, 0.6) is 17.2 Å². The highest BCUT2D eigenvalue weighted by atomic mass is 79.9. The third-order valence-corrected chi connectivity index (χ3v) is 8.09. The van der Waals surface area contributed by atoms with E-state index in [9.17, 15) is 14.4 Å². The summed E-state index contributed by atoms with van der Waals surface area (Å²) in [5.41, 5.74) is 3.72. The highest BCUT2D eigenvalue weighted by Crippen LogP contribution is 2.55. The summed E-state index contributed by atoms with van der Waals surface area (Å²) < 4.78 is 17.6. The van der Waals surface area contributed by atoms with Crippen molar-refractivity contribution in [2.75, 3.05) is 11.7 Å². The van der Waals surface area contributed by atoms with Crippen molar-refractivity contribution < 1.29 is 28.6 Å². The summed E-state index contributed by atoms with van der Waals surface area (Å²) in [5.74, 6) is -2.57. The van der Waals surface area contributed by atoms with Crippen molar-refractivity contribution in [3.05, 3.63) is 87.9 Å². The third kappa shape index (κ3) is 3.28. The Labute approximate surface area is 220 Å². The zero-order chi connectivity index (χ0) is 25.4. The molecule has 0 N–H and O–H groups in total. The van der Waals surface area contributed by atoms with E-state index < -0.39 is 35.5 Å². The van der Waals surface area contributed by atoms with Crippen molar-refractivity contribution in [1.82, 2.24) is 0 Å². The van der Waals surface area contributed by atoms with Gasteiger partial charge in [-0.25, -0.2) is 4.90 Å².